The van der Waals surface area contributed by atoms with Gasteiger partial charge in [-0.25, -0.2) is 13.8 Å². The fourth-order valence-corrected chi connectivity index (χ4v) is 1.78. The summed E-state index contributed by atoms with van der Waals surface area (Å²) in [4.78, 5) is 4.08. The van der Waals surface area contributed by atoms with Crippen LogP contribution in [0.2, 0.25) is 0 Å². The molecule has 3 N–H and O–H groups in total. The molecule has 15 heavy (non-hydrogen) atoms. The maximum Gasteiger partial charge on any atom is 0.188 e. The van der Waals surface area contributed by atoms with E-state index in [2.05, 4.69) is 15.2 Å². The first-order chi connectivity index (χ1) is 7.16. The van der Waals surface area contributed by atoms with E-state index in [1.165, 1.54) is 6.33 Å². The van der Waals surface area contributed by atoms with Gasteiger partial charge in [0.2, 0.25) is 0 Å². The van der Waals surface area contributed by atoms with Crippen molar-refractivity contribution in [1.82, 2.24) is 15.2 Å². The molecule has 1 aromatic carbocycles. The average molecular weight is 228 g/mol. The van der Waals surface area contributed by atoms with Crippen molar-refractivity contribution in [1.29, 1.82) is 0 Å². The summed E-state index contributed by atoms with van der Waals surface area (Å²) in [5, 5.41) is 6.58. The van der Waals surface area contributed by atoms with Crippen molar-refractivity contribution in [3.05, 3.63) is 30.1 Å². The molecule has 78 valence electrons. The van der Waals surface area contributed by atoms with Crippen LogP contribution in [0.1, 0.15) is 0 Å². The Hall–Kier alpha value is -1.63. The van der Waals surface area contributed by atoms with Gasteiger partial charge in [-0.05, 0) is 17.8 Å². The Labute approximate surface area is 87.9 Å². The number of nitrogens with two attached hydrogens (primary N) is 1. The second-order valence-electron chi connectivity index (χ2n) is 2.69. The third-order valence-electron chi connectivity index (χ3n) is 1.66. The molecule has 0 saturated carbocycles. The predicted octanol–water partition coefficient (Wildman–Crippen LogP) is 1.82. The molecule has 1 aromatic heterocycles. The Kier molecular flexibility index (Phi) is 2.55. The van der Waals surface area contributed by atoms with Gasteiger partial charge in [0.25, 0.3) is 0 Å². The molecular formula is C8H6F2N4S. The Balaban J connectivity index is 2.36. The molecule has 0 atom stereocenters. The molecule has 7 heteroatoms. The summed E-state index contributed by atoms with van der Waals surface area (Å²) in [5.74, 6) is -1.46. The smallest absolute Gasteiger partial charge is 0.188 e. The molecule has 0 aliphatic carbocycles. The van der Waals surface area contributed by atoms with Crippen LogP contribution in [0.5, 0.6) is 0 Å². The van der Waals surface area contributed by atoms with Crippen molar-refractivity contribution in [2.75, 3.05) is 5.73 Å². The number of anilines is 1. The number of benzene rings is 1. The molecule has 1 heterocycles. The highest BCUT2D eigenvalue weighted by molar-refractivity contribution is 7.99. The summed E-state index contributed by atoms with van der Waals surface area (Å²) in [6, 6.07) is 1.88. The van der Waals surface area contributed by atoms with Gasteiger partial charge in [-0.2, -0.15) is 5.10 Å². The summed E-state index contributed by atoms with van der Waals surface area (Å²) >= 11 is 1.02. The van der Waals surface area contributed by atoms with Crippen molar-refractivity contribution in [2.24, 2.45) is 0 Å². The van der Waals surface area contributed by atoms with Crippen LogP contribution in [-0.2, 0) is 0 Å². The van der Waals surface area contributed by atoms with Crippen LogP contribution in [0.4, 0.5) is 14.5 Å². The predicted molar refractivity (Wildman–Crippen MR) is 51.3 cm³/mol. The van der Waals surface area contributed by atoms with Gasteiger partial charge in [0.15, 0.2) is 5.16 Å². The lowest BCUT2D eigenvalue weighted by atomic mass is 10.3. The molecule has 0 fully saturated rings. The van der Waals surface area contributed by atoms with Crippen molar-refractivity contribution >= 4 is 17.4 Å². The van der Waals surface area contributed by atoms with E-state index in [1.54, 1.807) is 0 Å². The summed E-state index contributed by atoms with van der Waals surface area (Å²) in [6.45, 7) is 0. The Bertz CT molecular complexity index is 472. The van der Waals surface area contributed by atoms with Gasteiger partial charge in [-0.15, -0.1) is 0 Å². The summed E-state index contributed by atoms with van der Waals surface area (Å²) in [6.07, 6.45) is 1.30. The summed E-state index contributed by atoms with van der Waals surface area (Å²) in [7, 11) is 0. The molecule has 0 unspecified atom stereocenters. The number of nitrogens with zero attached hydrogens (tertiary/aromatic N) is 2. The van der Waals surface area contributed by atoms with Gasteiger partial charge in [0.1, 0.15) is 18.0 Å². The fraction of sp³-hybridized carbons (Fsp3) is 0. The quantitative estimate of drug-likeness (QED) is 0.769. The number of hydrogen-bond donors (Lipinski definition) is 2. The first kappa shape index (κ1) is 9.91. The highest BCUT2D eigenvalue weighted by atomic mass is 32.2. The Morgan fingerprint density at radius 2 is 2.13 bits per heavy atom. The number of rotatable bonds is 2. The third-order valence-corrected chi connectivity index (χ3v) is 2.60. The second-order valence-corrected chi connectivity index (χ2v) is 3.72. The van der Waals surface area contributed by atoms with Crippen molar-refractivity contribution in [2.45, 2.75) is 10.1 Å². The van der Waals surface area contributed by atoms with Crippen molar-refractivity contribution in [3.63, 3.8) is 0 Å². The highest BCUT2D eigenvalue weighted by Crippen LogP contribution is 2.31. The lowest BCUT2D eigenvalue weighted by Crippen LogP contribution is -1.95. The highest BCUT2D eigenvalue weighted by Gasteiger charge is 2.10. The van der Waals surface area contributed by atoms with Crippen LogP contribution < -0.4 is 5.73 Å². The lowest BCUT2D eigenvalue weighted by molar-refractivity contribution is 0.581. The molecular weight excluding hydrogens is 222 g/mol. The van der Waals surface area contributed by atoms with Gasteiger partial charge >= 0.3 is 0 Å². The molecule has 0 bridgehead atoms. The van der Waals surface area contributed by atoms with Crippen LogP contribution >= 0.6 is 11.8 Å². The second kappa shape index (κ2) is 3.85. The first-order valence-corrected chi connectivity index (χ1v) is 4.76. The topological polar surface area (TPSA) is 67.6 Å². The van der Waals surface area contributed by atoms with Crippen LogP contribution in [-0.4, -0.2) is 15.2 Å². The SMILES string of the molecule is Nc1c(F)cc(F)cc1Sc1ncn[nH]1. The summed E-state index contributed by atoms with van der Waals surface area (Å²) < 4.78 is 25.9. The van der Waals surface area contributed by atoms with E-state index in [0.29, 0.717) is 5.16 Å². The maximum atomic E-state index is 13.0. The molecule has 0 aliphatic rings. The van der Waals surface area contributed by atoms with Gasteiger partial charge in [0.05, 0.1) is 5.69 Å². The third kappa shape index (κ3) is 2.07. The number of aromatic amines is 1. The molecule has 2 aromatic rings. The van der Waals surface area contributed by atoms with E-state index >= 15 is 0 Å². The van der Waals surface area contributed by atoms with E-state index in [9.17, 15) is 8.78 Å². The molecule has 0 saturated heterocycles. The van der Waals surface area contributed by atoms with Gasteiger partial charge in [0, 0.05) is 11.0 Å². The molecule has 0 radical (unpaired) electrons. The molecule has 2 rings (SSSR count). The number of halogens is 2. The lowest BCUT2D eigenvalue weighted by Gasteiger charge is -2.03. The van der Waals surface area contributed by atoms with E-state index in [-0.39, 0.29) is 10.6 Å². The minimum absolute atomic E-state index is 0.0993. The standard InChI is InChI=1S/C8H6F2N4S/c9-4-1-5(10)7(11)6(2-4)15-8-12-3-13-14-8/h1-3H,11H2,(H,12,13,14). The van der Waals surface area contributed by atoms with Crippen molar-refractivity contribution in [3.8, 4) is 0 Å². The van der Waals surface area contributed by atoms with E-state index in [1.807, 2.05) is 0 Å². The Morgan fingerprint density at radius 1 is 1.33 bits per heavy atom. The number of nitrogen functional groups attached to an aromatic ring is 1. The van der Waals surface area contributed by atoms with Crippen molar-refractivity contribution < 1.29 is 8.78 Å². The van der Waals surface area contributed by atoms with Crippen LogP contribution in [0.15, 0.2) is 28.5 Å². The molecule has 4 nitrogen and oxygen atoms in total. The van der Waals surface area contributed by atoms with E-state index in [0.717, 1.165) is 23.9 Å². The summed E-state index contributed by atoms with van der Waals surface area (Å²) in [5.41, 5.74) is 5.34. The van der Waals surface area contributed by atoms with Crippen LogP contribution in [0, 0.1) is 11.6 Å². The normalized spacial score (nSPS) is 10.5. The molecule has 0 spiro atoms. The zero-order valence-corrected chi connectivity index (χ0v) is 8.18. The zero-order chi connectivity index (χ0) is 10.8. The van der Waals surface area contributed by atoms with Gasteiger partial charge in [-0.3, -0.25) is 5.10 Å². The number of aromatic nitrogens is 3. The largest absolute Gasteiger partial charge is 0.395 e. The monoisotopic (exact) mass is 228 g/mol. The van der Waals surface area contributed by atoms with Gasteiger partial charge < -0.3 is 5.73 Å². The van der Waals surface area contributed by atoms with Crippen LogP contribution in [0.25, 0.3) is 0 Å². The van der Waals surface area contributed by atoms with Gasteiger partial charge in [-0.1, -0.05) is 0 Å². The molecule has 0 aliphatic heterocycles. The average Bonchev–Trinajstić information content (AvgIpc) is 2.66. The minimum atomic E-state index is -0.781. The van der Waals surface area contributed by atoms with E-state index in [4.69, 9.17) is 5.73 Å². The van der Waals surface area contributed by atoms with E-state index < -0.39 is 11.6 Å². The first-order valence-electron chi connectivity index (χ1n) is 3.94. The van der Waals surface area contributed by atoms with Crippen LogP contribution in [0.3, 0.4) is 0 Å². The maximum absolute atomic E-state index is 13.0. The minimum Gasteiger partial charge on any atom is -0.395 e. The number of H-pyrrole nitrogens is 1. The fourth-order valence-electron chi connectivity index (χ4n) is 0.993. The number of hydrogen-bond acceptors (Lipinski definition) is 4. The Morgan fingerprint density at radius 3 is 2.80 bits per heavy atom. The molecule has 0 amide bonds. The zero-order valence-electron chi connectivity index (χ0n) is 7.37. The number of nitrogens with one attached hydrogen (secondary N) is 1.